The molecule has 0 radical (unpaired) electrons. The highest BCUT2D eigenvalue weighted by atomic mass is 15.3. The first-order chi connectivity index (χ1) is 15.4. The summed E-state index contributed by atoms with van der Waals surface area (Å²) in [4.78, 5) is 0. The summed E-state index contributed by atoms with van der Waals surface area (Å²) in [7, 11) is 0. The second kappa shape index (κ2) is 9.83. The number of hydrogen-bond acceptors (Lipinski definition) is 2. The Morgan fingerprint density at radius 2 is 1.45 bits per heavy atom. The van der Waals surface area contributed by atoms with E-state index in [-0.39, 0.29) is 10.8 Å². The predicted molar refractivity (Wildman–Crippen MR) is 141 cm³/mol. The van der Waals surface area contributed by atoms with Gasteiger partial charge in [0.1, 0.15) is 5.82 Å². The number of aromatic nitrogens is 3. The minimum Gasteiger partial charge on any atom is -0.278 e. The first-order valence-corrected chi connectivity index (χ1v) is 12.5. The fraction of sp³-hybridized carbons (Fsp3) is 0.533. The number of nitrogens with zero attached hydrogens (tertiary/aromatic N) is 3. The lowest BCUT2D eigenvalue weighted by Crippen LogP contribution is -2.28. The van der Waals surface area contributed by atoms with Gasteiger partial charge in [-0.15, -0.1) is 10.2 Å². The van der Waals surface area contributed by atoms with E-state index >= 15 is 0 Å². The Kier molecular flexibility index (Phi) is 7.51. The molecule has 0 aliphatic carbocycles. The second-order valence-corrected chi connectivity index (χ2v) is 12.3. The SMILES string of the molecule is CC(C)Cc1cccc(-c2nnc(C(C)(C)CC(C)(C)C)n2-c2ccccc2CC(C)C)c1. The van der Waals surface area contributed by atoms with Crippen LogP contribution in [0.1, 0.15) is 85.7 Å². The molecule has 0 saturated heterocycles. The van der Waals surface area contributed by atoms with E-state index in [4.69, 9.17) is 10.2 Å². The molecule has 0 aliphatic heterocycles. The third-order valence-corrected chi connectivity index (χ3v) is 5.93. The summed E-state index contributed by atoms with van der Waals surface area (Å²) in [5.74, 6) is 3.17. The van der Waals surface area contributed by atoms with Gasteiger partial charge < -0.3 is 0 Å². The van der Waals surface area contributed by atoms with Crippen LogP contribution in [-0.2, 0) is 18.3 Å². The minimum absolute atomic E-state index is 0.121. The van der Waals surface area contributed by atoms with Crippen LogP contribution in [-0.4, -0.2) is 14.8 Å². The number of hydrogen-bond donors (Lipinski definition) is 0. The van der Waals surface area contributed by atoms with Gasteiger partial charge in [-0.1, -0.05) is 98.7 Å². The Balaban J connectivity index is 2.25. The van der Waals surface area contributed by atoms with Crippen molar-refractivity contribution in [3.8, 4) is 17.1 Å². The zero-order valence-corrected chi connectivity index (χ0v) is 22.2. The van der Waals surface area contributed by atoms with Crippen LogP contribution in [0, 0.1) is 17.3 Å². The molecule has 0 fully saturated rings. The Labute approximate surface area is 201 Å². The lowest BCUT2D eigenvalue weighted by atomic mass is 9.75. The van der Waals surface area contributed by atoms with E-state index in [0.717, 1.165) is 36.5 Å². The van der Waals surface area contributed by atoms with Crippen LogP contribution in [0.25, 0.3) is 17.1 Å². The molecule has 3 nitrogen and oxygen atoms in total. The van der Waals surface area contributed by atoms with Crippen molar-refractivity contribution < 1.29 is 0 Å². The monoisotopic (exact) mass is 445 g/mol. The van der Waals surface area contributed by atoms with Crippen LogP contribution in [0.2, 0.25) is 0 Å². The third kappa shape index (κ3) is 6.34. The molecule has 0 amide bonds. The molecule has 1 heterocycles. The highest BCUT2D eigenvalue weighted by Crippen LogP contribution is 2.38. The van der Waals surface area contributed by atoms with Gasteiger partial charge in [0.2, 0.25) is 0 Å². The van der Waals surface area contributed by atoms with E-state index in [0.29, 0.717) is 11.8 Å². The lowest BCUT2D eigenvalue weighted by Gasteiger charge is -2.32. The lowest BCUT2D eigenvalue weighted by molar-refractivity contribution is 0.272. The first-order valence-electron chi connectivity index (χ1n) is 12.5. The largest absolute Gasteiger partial charge is 0.278 e. The predicted octanol–water partition coefficient (Wildman–Crippen LogP) is 8.05. The van der Waals surface area contributed by atoms with E-state index < -0.39 is 0 Å². The summed E-state index contributed by atoms with van der Waals surface area (Å²) in [5.41, 5.74) is 5.11. The summed E-state index contributed by atoms with van der Waals surface area (Å²) in [6, 6.07) is 17.6. The van der Waals surface area contributed by atoms with Crippen molar-refractivity contribution in [2.45, 2.75) is 87.0 Å². The molecule has 0 N–H and O–H groups in total. The topological polar surface area (TPSA) is 30.7 Å². The van der Waals surface area contributed by atoms with Crippen molar-refractivity contribution in [1.82, 2.24) is 14.8 Å². The Hall–Kier alpha value is -2.42. The average Bonchev–Trinajstić information content (AvgIpc) is 3.12. The maximum atomic E-state index is 4.85. The summed E-state index contributed by atoms with van der Waals surface area (Å²) in [6.45, 7) is 20.6. The average molecular weight is 446 g/mol. The molecule has 1 aromatic heterocycles. The fourth-order valence-electron chi connectivity index (χ4n) is 5.19. The van der Waals surface area contributed by atoms with Gasteiger partial charge in [-0.2, -0.15) is 0 Å². The van der Waals surface area contributed by atoms with Crippen LogP contribution >= 0.6 is 0 Å². The summed E-state index contributed by atoms with van der Waals surface area (Å²) < 4.78 is 2.35. The normalized spacial score (nSPS) is 12.7. The second-order valence-electron chi connectivity index (χ2n) is 12.3. The van der Waals surface area contributed by atoms with E-state index in [1.165, 1.54) is 16.8 Å². The molecule has 0 atom stereocenters. The molecular weight excluding hydrogens is 402 g/mol. The molecule has 2 aromatic carbocycles. The quantitative estimate of drug-likeness (QED) is 0.351. The molecule has 0 saturated carbocycles. The maximum absolute atomic E-state index is 4.85. The molecule has 3 rings (SSSR count). The van der Waals surface area contributed by atoms with Crippen molar-refractivity contribution >= 4 is 0 Å². The van der Waals surface area contributed by atoms with Crippen LogP contribution in [0.4, 0.5) is 0 Å². The van der Waals surface area contributed by atoms with Gasteiger partial charge in [0.05, 0.1) is 5.69 Å². The molecule has 0 spiro atoms. The Morgan fingerprint density at radius 1 is 0.788 bits per heavy atom. The highest BCUT2D eigenvalue weighted by molar-refractivity contribution is 5.61. The standard InChI is InChI=1S/C30H43N3/c1-21(2)17-23-13-12-15-25(19-23)27-31-32-28(30(8,9)20-29(5,6)7)33(27)26-16-11-10-14-24(26)18-22(3)4/h10-16,19,21-22H,17-18,20H2,1-9H3. The number of rotatable bonds is 8. The molecule has 0 aliphatic rings. The van der Waals surface area contributed by atoms with Crippen molar-refractivity contribution in [3.63, 3.8) is 0 Å². The molecule has 3 aromatic rings. The molecule has 0 unspecified atom stereocenters. The van der Waals surface area contributed by atoms with Gasteiger partial charge in [0.15, 0.2) is 5.82 Å². The number of benzene rings is 2. The van der Waals surface area contributed by atoms with E-state index in [9.17, 15) is 0 Å². The Bertz CT molecular complexity index is 1060. The smallest absolute Gasteiger partial charge is 0.168 e. The fourth-order valence-corrected chi connectivity index (χ4v) is 5.19. The van der Waals surface area contributed by atoms with Crippen LogP contribution < -0.4 is 0 Å². The van der Waals surface area contributed by atoms with Gasteiger partial charge >= 0.3 is 0 Å². The van der Waals surface area contributed by atoms with Crippen LogP contribution in [0.5, 0.6) is 0 Å². The molecule has 33 heavy (non-hydrogen) atoms. The molecule has 178 valence electrons. The van der Waals surface area contributed by atoms with E-state index in [1.807, 2.05) is 0 Å². The van der Waals surface area contributed by atoms with Gasteiger partial charge in [-0.25, -0.2) is 0 Å². The highest BCUT2D eigenvalue weighted by Gasteiger charge is 2.34. The van der Waals surface area contributed by atoms with Crippen molar-refractivity contribution in [2.24, 2.45) is 17.3 Å². The molecule has 3 heteroatoms. The molecular formula is C30H43N3. The third-order valence-electron chi connectivity index (χ3n) is 5.93. The van der Waals surface area contributed by atoms with Gasteiger partial charge in [-0.3, -0.25) is 4.57 Å². The van der Waals surface area contributed by atoms with Crippen molar-refractivity contribution in [2.75, 3.05) is 0 Å². The maximum Gasteiger partial charge on any atom is 0.168 e. The van der Waals surface area contributed by atoms with Gasteiger partial charge in [0, 0.05) is 11.0 Å². The van der Waals surface area contributed by atoms with Crippen LogP contribution in [0.15, 0.2) is 48.5 Å². The zero-order chi connectivity index (χ0) is 24.4. The van der Waals surface area contributed by atoms with Gasteiger partial charge in [-0.05, 0) is 59.8 Å². The first kappa shape index (κ1) is 25.2. The number of para-hydroxylation sites is 1. The Morgan fingerprint density at radius 3 is 2.09 bits per heavy atom. The summed E-state index contributed by atoms with van der Waals surface area (Å²) in [6.07, 6.45) is 3.12. The summed E-state index contributed by atoms with van der Waals surface area (Å²) >= 11 is 0. The van der Waals surface area contributed by atoms with Gasteiger partial charge in [0.25, 0.3) is 0 Å². The van der Waals surface area contributed by atoms with Crippen molar-refractivity contribution in [3.05, 3.63) is 65.5 Å². The van der Waals surface area contributed by atoms with E-state index in [2.05, 4.69) is 115 Å². The molecule has 0 bridgehead atoms. The van der Waals surface area contributed by atoms with Crippen LogP contribution in [0.3, 0.4) is 0 Å². The zero-order valence-electron chi connectivity index (χ0n) is 22.2. The summed E-state index contributed by atoms with van der Waals surface area (Å²) in [5, 5.41) is 9.66. The van der Waals surface area contributed by atoms with Crippen molar-refractivity contribution in [1.29, 1.82) is 0 Å². The van der Waals surface area contributed by atoms with E-state index in [1.54, 1.807) is 0 Å². The minimum atomic E-state index is -0.121.